The fourth-order valence-corrected chi connectivity index (χ4v) is 2.25. The summed E-state index contributed by atoms with van der Waals surface area (Å²) in [6.45, 7) is 2.00. The Morgan fingerprint density at radius 1 is 1.16 bits per heavy atom. The molecular weight excluding hydrogens is 240 g/mol. The van der Waals surface area contributed by atoms with Gasteiger partial charge in [-0.1, -0.05) is 17.7 Å². The molecule has 4 nitrogen and oxygen atoms in total. The molecule has 1 amide bonds. The molecule has 2 aromatic rings. The molecule has 0 aliphatic carbocycles. The number of amides is 1. The van der Waals surface area contributed by atoms with E-state index < -0.39 is 0 Å². The van der Waals surface area contributed by atoms with Crippen molar-refractivity contribution in [2.45, 2.75) is 13.0 Å². The molecule has 1 unspecified atom stereocenters. The minimum absolute atomic E-state index is 0.0614. The zero-order chi connectivity index (χ0) is 13.4. The second-order valence-electron chi connectivity index (χ2n) is 4.70. The number of benzene rings is 2. The SMILES string of the molecule is Cc1ccc2c(c1)C(Nc1ccc(O)cc1)C(=O)N2. The quantitative estimate of drug-likeness (QED) is 0.722. The number of fused-ring (bicyclic) bond motifs is 1. The summed E-state index contributed by atoms with van der Waals surface area (Å²) in [5, 5.41) is 15.3. The highest BCUT2D eigenvalue weighted by molar-refractivity contribution is 6.04. The number of carbonyl (C=O) groups excluding carboxylic acids is 1. The summed E-state index contributed by atoms with van der Waals surface area (Å²) in [4.78, 5) is 12.0. The van der Waals surface area contributed by atoms with Crippen LogP contribution in [0.2, 0.25) is 0 Å². The van der Waals surface area contributed by atoms with E-state index in [-0.39, 0.29) is 17.7 Å². The molecule has 19 heavy (non-hydrogen) atoms. The monoisotopic (exact) mass is 254 g/mol. The smallest absolute Gasteiger partial charge is 0.251 e. The third kappa shape index (κ3) is 2.12. The topological polar surface area (TPSA) is 61.4 Å². The van der Waals surface area contributed by atoms with Gasteiger partial charge in [-0.25, -0.2) is 0 Å². The molecule has 0 bridgehead atoms. The van der Waals surface area contributed by atoms with Gasteiger partial charge in [-0.05, 0) is 37.3 Å². The van der Waals surface area contributed by atoms with E-state index in [1.807, 2.05) is 25.1 Å². The van der Waals surface area contributed by atoms with Gasteiger partial charge < -0.3 is 15.7 Å². The fraction of sp³-hybridized carbons (Fsp3) is 0.133. The highest BCUT2D eigenvalue weighted by atomic mass is 16.3. The van der Waals surface area contributed by atoms with Gasteiger partial charge in [0.2, 0.25) is 0 Å². The summed E-state index contributed by atoms with van der Waals surface area (Å²) in [6, 6.07) is 12.2. The van der Waals surface area contributed by atoms with E-state index in [2.05, 4.69) is 10.6 Å². The molecule has 3 N–H and O–H groups in total. The summed E-state index contributed by atoms with van der Waals surface area (Å²) in [5.74, 6) is 0.145. The van der Waals surface area contributed by atoms with Gasteiger partial charge in [-0.15, -0.1) is 0 Å². The molecule has 1 aliphatic rings. The van der Waals surface area contributed by atoms with Gasteiger partial charge in [0.15, 0.2) is 0 Å². The van der Waals surface area contributed by atoms with Crippen LogP contribution in [0.15, 0.2) is 42.5 Å². The summed E-state index contributed by atoms with van der Waals surface area (Å²) >= 11 is 0. The van der Waals surface area contributed by atoms with Crippen molar-refractivity contribution in [1.82, 2.24) is 0 Å². The highest BCUT2D eigenvalue weighted by Gasteiger charge is 2.30. The number of hydrogen-bond acceptors (Lipinski definition) is 3. The van der Waals surface area contributed by atoms with Gasteiger partial charge >= 0.3 is 0 Å². The van der Waals surface area contributed by atoms with Crippen LogP contribution in [0.3, 0.4) is 0 Å². The van der Waals surface area contributed by atoms with Crippen LogP contribution in [0.5, 0.6) is 5.75 Å². The molecule has 1 atom stereocenters. The largest absolute Gasteiger partial charge is 0.508 e. The van der Waals surface area contributed by atoms with E-state index in [1.165, 1.54) is 0 Å². The Balaban J connectivity index is 1.91. The number of phenolic OH excluding ortho intramolecular Hbond substituents is 1. The third-order valence-corrected chi connectivity index (χ3v) is 3.22. The average Bonchev–Trinajstić information content (AvgIpc) is 2.69. The van der Waals surface area contributed by atoms with Crippen LogP contribution in [0.1, 0.15) is 17.2 Å². The first-order valence-corrected chi connectivity index (χ1v) is 6.10. The minimum atomic E-state index is -0.389. The number of carbonyl (C=O) groups is 1. The van der Waals surface area contributed by atoms with Crippen LogP contribution >= 0.6 is 0 Å². The standard InChI is InChI=1S/C15H14N2O2/c1-9-2-7-13-12(8-9)14(15(19)17-13)16-10-3-5-11(18)6-4-10/h2-8,14,16,18H,1H3,(H,17,19). The minimum Gasteiger partial charge on any atom is -0.508 e. The molecule has 4 heteroatoms. The molecule has 0 spiro atoms. The average molecular weight is 254 g/mol. The lowest BCUT2D eigenvalue weighted by atomic mass is 10.1. The van der Waals surface area contributed by atoms with E-state index in [0.29, 0.717) is 0 Å². The van der Waals surface area contributed by atoms with E-state index >= 15 is 0 Å². The molecule has 96 valence electrons. The zero-order valence-electron chi connectivity index (χ0n) is 10.5. The maximum atomic E-state index is 12.0. The highest BCUT2D eigenvalue weighted by Crippen LogP contribution is 2.34. The first-order valence-electron chi connectivity index (χ1n) is 6.10. The maximum absolute atomic E-state index is 12.0. The van der Waals surface area contributed by atoms with Crippen LogP contribution in [-0.2, 0) is 4.79 Å². The predicted molar refractivity (Wildman–Crippen MR) is 74.3 cm³/mol. The van der Waals surface area contributed by atoms with Gasteiger partial charge in [0.1, 0.15) is 11.8 Å². The Morgan fingerprint density at radius 2 is 1.89 bits per heavy atom. The Morgan fingerprint density at radius 3 is 2.63 bits per heavy atom. The van der Waals surface area contributed by atoms with Crippen molar-refractivity contribution >= 4 is 17.3 Å². The van der Waals surface area contributed by atoms with Crippen molar-refractivity contribution < 1.29 is 9.90 Å². The van der Waals surface area contributed by atoms with Crippen molar-refractivity contribution in [3.8, 4) is 5.75 Å². The van der Waals surface area contributed by atoms with Crippen molar-refractivity contribution in [3.05, 3.63) is 53.6 Å². The summed E-state index contributed by atoms with van der Waals surface area (Å²) in [6.07, 6.45) is 0. The molecule has 0 aromatic heterocycles. The number of rotatable bonds is 2. The van der Waals surface area contributed by atoms with Crippen LogP contribution < -0.4 is 10.6 Å². The summed E-state index contributed by atoms with van der Waals surface area (Å²) < 4.78 is 0. The zero-order valence-corrected chi connectivity index (χ0v) is 10.5. The van der Waals surface area contributed by atoms with Crippen LogP contribution in [-0.4, -0.2) is 11.0 Å². The van der Waals surface area contributed by atoms with Crippen LogP contribution in [0.25, 0.3) is 0 Å². The molecule has 0 fully saturated rings. The number of hydrogen-bond donors (Lipinski definition) is 3. The summed E-state index contributed by atoms with van der Waals surface area (Å²) in [7, 11) is 0. The number of aryl methyl sites for hydroxylation is 1. The van der Waals surface area contributed by atoms with Gasteiger partial charge in [0.05, 0.1) is 0 Å². The first kappa shape index (κ1) is 11.6. The lowest BCUT2D eigenvalue weighted by molar-refractivity contribution is -0.116. The molecule has 2 aromatic carbocycles. The molecule has 1 heterocycles. The van der Waals surface area contributed by atoms with Crippen molar-refractivity contribution in [1.29, 1.82) is 0 Å². The van der Waals surface area contributed by atoms with Gasteiger partial charge in [-0.2, -0.15) is 0 Å². The lowest BCUT2D eigenvalue weighted by Gasteiger charge is -2.13. The molecule has 0 saturated carbocycles. The number of phenols is 1. The molecular formula is C15H14N2O2. The first-order chi connectivity index (χ1) is 9.13. The Kier molecular flexibility index (Phi) is 2.63. The van der Waals surface area contributed by atoms with Crippen LogP contribution in [0.4, 0.5) is 11.4 Å². The maximum Gasteiger partial charge on any atom is 0.251 e. The number of nitrogens with one attached hydrogen (secondary N) is 2. The Bertz CT molecular complexity index is 635. The van der Waals surface area contributed by atoms with Gasteiger partial charge in [0.25, 0.3) is 5.91 Å². The lowest BCUT2D eigenvalue weighted by Crippen LogP contribution is -2.19. The van der Waals surface area contributed by atoms with E-state index in [9.17, 15) is 9.90 Å². The second kappa shape index (κ2) is 4.31. The normalized spacial score (nSPS) is 16.9. The van der Waals surface area contributed by atoms with Gasteiger partial charge in [-0.3, -0.25) is 4.79 Å². The Labute approximate surface area is 111 Å². The van der Waals surface area contributed by atoms with Crippen molar-refractivity contribution in [3.63, 3.8) is 0 Å². The number of aromatic hydroxyl groups is 1. The van der Waals surface area contributed by atoms with Crippen LogP contribution in [0, 0.1) is 6.92 Å². The van der Waals surface area contributed by atoms with E-state index in [4.69, 9.17) is 0 Å². The summed E-state index contributed by atoms with van der Waals surface area (Å²) in [5.41, 5.74) is 3.73. The van der Waals surface area contributed by atoms with Gasteiger partial charge in [0, 0.05) is 16.9 Å². The predicted octanol–water partition coefficient (Wildman–Crippen LogP) is 2.81. The third-order valence-electron chi connectivity index (χ3n) is 3.22. The van der Waals surface area contributed by atoms with Crippen molar-refractivity contribution in [2.75, 3.05) is 10.6 Å². The Hall–Kier alpha value is -2.49. The van der Waals surface area contributed by atoms with E-state index in [0.717, 1.165) is 22.5 Å². The fourth-order valence-electron chi connectivity index (χ4n) is 2.25. The molecule has 0 radical (unpaired) electrons. The van der Waals surface area contributed by atoms with Crippen molar-refractivity contribution in [2.24, 2.45) is 0 Å². The molecule has 1 aliphatic heterocycles. The molecule has 3 rings (SSSR count). The molecule has 0 saturated heterocycles. The second-order valence-corrected chi connectivity index (χ2v) is 4.70. The van der Waals surface area contributed by atoms with E-state index in [1.54, 1.807) is 24.3 Å². The number of anilines is 2.